The number of carbonyl (C=O) groups excluding carboxylic acids is 2. The van der Waals surface area contributed by atoms with Gasteiger partial charge >= 0.3 is 11.5 Å². The predicted octanol–water partition coefficient (Wildman–Crippen LogP) is 13.2. The SMILES string of the molecule is CCOC(=O)Cl.CCOC(=O)N1CCC(n2cc(Nc3ncc4sc(C)c(-c5ccc(F)cc5OC)c4n3)cn2)CC1.COc1cc(F)ccc1-c1c(C)sc2cnc(Nc3cnn(C4CCCCC4)c3)nc12. The molecule has 0 atom stereocenters. The number of fused-ring (bicyclic) bond motifs is 2. The molecular formula is C51H56ClF2N11O6S2. The molecule has 2 aliphatic rings. The van der Waals surface area contributed by atoms with Crippen molar-refractivity contribution in [3.05, 3.63) is 95.0 Å². The molecule has 1 aliphatic heterocycles. The van der Waals surface area contributed by atoms with E-state index >= 15 is 0 Å². The van der Waals surface area contributed by atoms with Gasteiger partial charge in [0.25, 0.3) is 0 Å². The van der Waals surface area contributed by atoms with Gasteiger partial charge in [0.1, 0.15) is 23.1 Å². The quantitative estimate of drug-likeness (QED) is 0.110. The smallest absolute Gasteiger partial charge is 0.409 e. The van der Waals surface area contributed by atoms with Crippen molar-refractivity contribution < 1.29 is 37.3 Å². The van der Waals surface area contributed by atoms with Gasteiger partial charge in [-0.25, -0.2) is 38.3 Å². The number of hydrogen-bond donors (Lipinski definition) is 2. The van der Waals surface area contributed by atoms with Crippen LogP contribution < -0.4 is 20.1 Å². The van der Waals surface area contributed by atoms with Crippen LogP contribution in [0.15, 0.2) is 73.6 Å². The maximum atomic E-state index is 13.8. The molecule has 0 spiro atoms. The first kappa shape index (κ1) is 52.4. The monoisotopic (exact) mass is 1060 g/mol. The van der Waals surface area contributed by atoms with E-state index in [1.54, 1.807) is 66.1 Å². The van der Waals surface area contributed by atoms with Crippen LogP contribution in [0.25, 0.3) is 42.7 Å². The Hall–Kier alpha value is -6.97. The van der Waals surface area contributed by atoms with Crippen LogP contribution in [0, 0.1) is 25.5 Å². The molecule has 17 nitrogen and oxygen atoms in total. The Labute approximate surface area is 433 Å². The number of thiophene rings is 2. The van der Waals surface area contributed by atoms with Gasteiger partial charge in [-0.3, -0.25) is 9.36 Å². The molecule has 0 unspecified atom stereocenters. The zero-order valence-electron chi connectivity index (χ0n) is 41.3. The zero-order chi connectivity index (χ0) is 51.6. The van der Waals surface area contributed by atoms with Crippen molar-refractivity contribution in [3.8, 4) is 33.8 Å². The van der Waals surface area contributed by atoms with E-state index in [2.05, 4.69) is 40.2 Å². The molecule has 73 heavy (non-hydrogen) atoms. The number of benzene rings is 2. The average molecular weight is 1060 g/mol. The Morgan fingerprint density at radius 2 is 1.15 bits per heavy atom. The number of rotatable bonds is 12. The third-order valence-corrected chi connectivity index (χ3v) is 14.5. The molecule has 1 saturated carbocycles. The van der Waals surface area contributed by atoms with E-state index in [0.29, 0.717) is 55.7 Å². The summed E-state index contributed by atoms with van der Waals surface area (Å²) in [4.78, 5) is 43.9. The number of aromatic nitrogens is 8. The van der Waals surface area contributed by atoms with E-state index < -0.39 is 5.43 Å². The van der Waals surface area contributed by atoms with Crippen LogP contribution in [0.2, 0.25) is 0 Å². The summed E-state index contributed by atoms with van der Waals surface area (Å²) in [5.41, 5.74) is 5.96. The van der Waals surface area contributed by atoms with Crippen LogP contribution in [0.3, 0.4) is 0 Å². The van der Waals surface area contributed by atoms with Gasteiger partial charge in [-0.2, -0.15) is 10.2 Å². The van der Waals surface area contributed by atoms with Crippen LogP contribution in [0.4, 0.5) is 41.6 Å². The number of amides is 1. The molecule has 0 radical (unpaired) electrons. The second-order valence-corrected chi connectivity index (χ2v) is 19.9. The molecule has 2 fully saturated rings. The highest BCUT2D eigenvalue weighted by Gasteiger charge is 2.26. The van der Waals surface area contributed by atoms with E-state index in [4.69, 9.17) is 35.8 Å². The molecular weight excluding hydrogens is 1000 g/mol. The minimum absolute atomic E-state index is 0.201. The van der Waals surface area contributed by atoms with Crippen molar-refractivity contribution in [2.24, 2.45) is 0 Å². The van der Waals surface area contributed by atoms with Crippen molar-refractivity contribution in [2.45, 2.75) is 84.7 Å². The first-order chi connectivity index (χ1) is 35.3. The average Bonchev–Trinajstić information content (AvgIpc) is 4.20. The maximum absolute atomic E-state index is 13.8. The molecule has 1 saturated heterocycles. The first-order valence-corrected chi connectivity index (χ1v) is 25.9. The maximum Gasteiger partial charge on any atom is 0.409 e. The van der Waals surface area contributed by atoms with E-state index in [-0.39, 0.29) is 23.8 Å². The summed E-state index contributed by atoms with van der Waals surface area (Å²) in [5.74, 6) is 1.22. The number of halogens is 3. The molecule has 384 valence electrons. The van der Waals surface area contributed by atoms with Gasteiger partial charge in [0.2, 0.25) is 11.9 Å². The fourth-order valence-corrected chi connectivity index (χ4v) is 11.0. The number of aryl methyl sites for hydroxylation is 2. The van der Waals surface area contributed by atoms with Gasteiger partial charge < -0.3 is 34.5 Å². The Bertz CT molecular complexity index is 3190. The van der Waals surface area contributed by atoms with Crippen molar-refractivity contribution in [3.63, 3.8) is 0 Å². The van der Waals surface area contributed by atoms with Crippen LogP contribution in [-0.4, -0.2) is 96.4 Å². The number of hydrogen-bond acceptors (Lipinski definition) is 16. The number of anilines is 4. The van der Waals surface area contributed by atoms with Gasteiger partial charge in [0.05, 0.1) is 96.1 Å². The lowest BCUT2D eigenvalue weighted by molar-refractivity contribution is 0.0915. The fraction of sp³-hybridized carbons (Fsp3) is 0.373. The predicted molar refractivity (Wildman–Crippen MR) is 281 cm³/mol. The highest BCUT2D eigenvalue weighted by atomic mass is 35.5. The summed E-state index contributed by atoms with van der Waals surface area (Å²) in [6, 6.07) is 9.79. The summed E-state index contributed by atoms with van der Waals surface area (Å²) in [6.45, 7) is 9.55. The van der Waals surface area contributed by atoms with Gasteiger partial charge in [0, 0.05) is 81.2 Å². The second kappa shape index (κ2) is 24.2. The van der Waals surface area contributed by atoms with E-state index in [1.807, 2.05) is 50.2 Å². The Morgan fingerprint density at radius 3 is 1.58 bits per heavy atom. The highest BCUT2D eigenvalue weighted by molar-refractivity contribution is 7.20. The standard InChI is InChI=1S/C25H27FN6O3S.C23H24FN5OS.C3H5ClO2/c1-4-35-25(33)31-9-7-18(8-10-31)32-14-17(12-28-32)29-24-27-13-21-23(30-24)22(15(2)36-21)19-6-5-16(26)11-20(19)34-3;1-14-21(18-9-8-15(24)10-19(18)30-2)22-20(31-14)12-25-23(28-22)27-16-11-26-29(13-16)17-6-4-3-5-7-17;1-2-6-3(4)5/h5-6,11-14,18H,4,7-10H2,1-3H3,(H,27,29,30);8-13,17H,3-7H2,1-2H3,(H,25,27,28);2H2,1H3. The summed E-state index contributed by atoms with van der Waals surface area (Å²) in [6.07, 6.45) is 18.7. The van der Waals surface area contributed by atoms with E-state index in [9.17, 15) is 18.4 Å². The number of likely N-dealkylation sites (tertiary alicyclic amines) is 1. The lowest BCUT2D eigenvalue weighted by Crippen LogP contribution is -2.39. The molecule has 10 rings (SSSR count). The largest absolute Gasteiger partial charge is 0.496 e. The number of ether oxygens (including phenoxy) is 4. The lowest BCUT2D eigenvalue weighted by Gasteiger charge is -2.31. The topological polar surface area (TPSA) is 186 Å². The minimum Gasteiger partial charge on any atom is -0.496 e. The molecule has 2 N–H and O–H groups in total. The summed E-state index contributed by atoms with van der Waals surface area (Å²) >= 11 is 7.92. The first-order valence-electron chi connectivity index (χ1n) is 23.9. The molecule has 7 heterocycles. The van der Waals surface area contributed by atoms with Crippen LogP contribution >= 0.6 is 34.3 Å². The van der Waals surface area contributed by atoms with Crippen LogP contribution in [0.1, 0.15) is 80.6 Å². The summed E-state index contributed by atoms with van der Waals surface area (Å²) in [7, 11) is 3.08. The molecule has 1 amide bonds. The Morgan fingerprint density at radius 1 is 0.685 bits per heavy atom. The molecule has 2 aromatic carbocycles. The van der Waals surface area contributed by atoms with Gasteiger partial charge in [-0.05, 0) is 77.6 Å². The van der Waals surface area contributed by atoms with Crippen LogP contribution in [0.5, 0.6) is 11.5 Å². The number of nitrogens with zero attached hydrogens (tertiary/aromatic N) is 9. The van der Waals surface area contributed by atoms with Crippen molar-refractivity contribution in [1.29, 1.82) is 0 Å². The highest BCUT2D eigenvalue weighted by Crippen LogP contribution is 2.43. The zero-order valence-corrected chi connectivity index (χ0v) is 43.7. The molecule has 6 aromatic heterocycles. The fourth-order valence-electron chi connectivity index (χ4n) is 8.96. The minimum atomic E-state index is -0.738. The summed E-state index contributed by atoms with van der Waals surface area (Å²) in [5, 5.41) is 15.6. The number of piperidine rings is 1. The number of nitrogens with one attached hydrogen (secondary N) is 2. The Balaban J connectivity index is 0.000000177. The normalized spacial score (nSPS) is 14.0. The van der Waals surface area contributed by atoms with E-state index in [1.165, 1.54) is 63.5 Å². The van der Waals surface area contributed by atoms with Gasteiger partial charge in [-0.15, -0.1) is 22.7 Å². The van der Waals surface area contributed by atoms with Crippen molar-refractivity contribution in [2.75, 3.05) is 51.2 Å². The lowest BCUT2D eigenvalue weighted by atomic mass is 9.96. The van der Waals surface area contributed by atoms with Crippen LogP contribution in [-0.2, 0) is 9.47 Å². The second-order valence-electron chi connectivity index (χ2n) is 17.1. The van der Waals surface area contributed by atoms with E-state index in [0.717, 1.165) is 76.7 Å². The third kappa shape index (κ3) is 12.6. The van der Waals surface area contributed by atoms with Gasteiger partial charge in [-0.1, -0.05) is 19.3 Å². The molecule has 0 bridgehead atoms. The van der Waals surface area contributed by atoms with Gasteiger partial charge in [0.15, 0.2) is 0 Å². The van der Waals surface area contributed by atoms with Crippen molar-refractivity contribution >= 4 is 89.5 Å². The third-order valence-electron chi connectivity index (χ3n) is 12.4. The van der Waals surface area contributed by atoms with Crippen molar-refractivity contribution in [1.82, 2.24) is 44.4 Å². The molecule has 22 heteroatoms. The molecule has 8 aromatic rings. The number of carbonyl (C=O) groups is 2. The Kier molecular flexibility index (Phi) is 17.3. The number of methoxy groups -OCH3 is 2. The molecule has 1 aliphatic carbocycles. The summed E-state index contributed by atoms with van der Waals surface area (Å²) < 4.78 is 53.5.